The van der Waals surface area contributed by atoms with Crippen LogP contribution in [0.5, 0.6) is 0 Å². The van der Waals surface area contributed by atoms with Gasteiger partial charge in [0.05, 0.1) is 18.7 Å². The number of methoxy groups -OCH3 is 1. The maximum atomic E-state index is 12.3. The van der Waals surface area contributed by atoms with E-state index in [0.717, 1.165) is 17.8 Å². The number of nitrogens with zero attached hydrogens (tertiary/aromatic N) is 4. The van der Waals surface area contributed by atoms with Crippen LogP contribution in [0.25, 0.3) is 0 Å². The lowest BCUT2D eigenvalue weighted by atomic mass is 10.2. The summed E-state index contributed by atoms with van der Waals surface area (Å²) in [6.07, 6.45) is 2.60. The van der Waals surface area contributed by atoms with Gasteiger partial charge in [0, 0.05) is 27.2 Å². The first-order chi connectivity index (χ1) is 11.7. The summed E-state index contributed by atoms with van der Waals surface area (Å²) in [5.74, 6) is 0.869. The fourth-order valence-corrected chi connectivity index (χ4v) is 3.11. The molecular weight excluding hydrogens is 306 g/mol. The quantitative estimate of drug-likeness (QED) is 0.852. The Morgan fingerprint density at radius 1 is 1.38 bits per heavy atom. The number of likely N-dealkylation sites (tertiary alicyclic amines) is 1. The molecule has 7 nitrogen and oxygen atoms in total. The number of amides is 1. The van der Waals surface area contributed by atoms with Crippen molar-refractivity contribution < 1.29 is 9.53 Å². The minimum Gasteiger partial charge on any atom is -0.380 e. The van der Waals surface area contributed by atoms with Gasteiger partial charge >= 0.3 is 0 Å². The van der Waals surface area contributed by atoms with E-state index in [0.29, 0.717) is 19.6 Å². The first-order valence-corrected chi connectivity index (χ1v) is 8.08. The predicted octanol–water partition coefficient (Wildman–Crippen LogP) is 0.893. The molecule has 1 aromatic heterocycles. The van der Waals surface area contributed by atoms with Crippen molar-refractivity contribution in [2.45, 2.75) is 25.1 Å². The van der Waals surface area contributed by atoms with Crippen molar-refractivity contribution >= 4 is 5.91 Å². The lowest BCUT2D eigenvalue weighted by Crippen LogP contribution is -2.38. The molecule has 7 heteroatoms. The Hall–Kier alpha value is -2.25. The molecule has 2 atom stereocenters. The number of aryl methyl sites for hydroxylation is 1. The van der Waals surface area contributed by atoms with Crippen LogP contribution in [0.15, 0.2) is 36.7 Å². The van der Waals surface area contributed by atoms with E-state index in [2.05, 4.69) is 20.4 Å². The molecule has 0 bridgehead atoms. The molecule has 1 aliphatic rings. The maximum Gasteiger partial charge on any atom is 0.234 e. The lowest BCUT2D eigenvalue weighted by Gasteiger charge is -2.22. The molecule has 0 saturated carbocycles. The highest BCUT2D eigenvalue weighted by Gasteiger charge is 2.36. The number of ether oxygens (including phenoxy) is 1. The van der Waals surface area contributed by atoms with E-state index in [9.17, 15) is 4.79 Å². The molecule has 2 aromatic rings. The summed E-state index contributed by atoms with van der Waals surface area (Å²) in [5.41, 5.74) is 1.09. The Bertz CT molecular complexity index is 673. The maximum absolute atomic E-state index is 12.3. The van der Waals surface area contributed by atoms with Crippen LogP contribution in [0.3, 0.4) is 0 Å². The number of hydrogen-bond acceptors (Lipinski definition) is 5. The fourth-order valence-electron chi connectivity index (χ4n) is 3.11. The van der Waals surface area contributed by atoms with Crippen molar-refractivity contribution in [3.63, 3.8) is 0 Å². The molecule has 3 rings (SSSR count). The van der Waals surface area contributed by atoms with Crippen LogP contribution >= 0.6 is 0 Å². The molecule has 1 N–H and O–H groups in total. The van der Waals surface area contributed by atoms with Gasteiger partial charge < -0.3 is 14.6 Å². The second-order valence-corrected chi connectivity index (χ2v) is 6.10. The number of benzene rings is 1. The van der Waals surface area contributed by atoms with Gasteiger partial charge in [-0.15, -0.1) is 10.2 Å². The summed E-state index contributed by atoms with van der Waals surface area (Å²) in [6.45, 7) is 1.58. The highest BCUT2D eigenvalue weighted by Crippen LogP contribution is 2.31. The van der Waals surface area contributed by atoms with Gasteiger partial charge in [-0.1, -0.05) is 30.3 Å². The molecule has 1 aromatic carbocycles. The fraction of sp³-hybridized carbons (Fsp3) is 0.471. The van der Waals surface area contributed by atoms with Gasteiger partial charge in [-0.05, 0) is 12.0 Å². The van der Waals surface area contributed by atoms with Gasteiger partial charge in [-0.25, -0.2) is 0 Å². The van der Waals surface area contributed by atoms with Gasteiger partial charge in [0.25, 0.3) is 0 Å². The Labute approximate surface area is 141 Å². The highest BCUT2D eigenvalue weighted by molar-refractivity contribution is 5.78. The van der Waals surface area contributed by atoms with Crippen molar-refractivity contribution in [2.24, 2.45) is 7.05 Å². The Morgan fingerprint density at radius 2 is 2.17 bits per heavy atom. The van der Waals surface area contributed by atoms with Crippen LogP contribution in [0.1, 0.15) is 23.9 Å². The average Bonchev–Trinajstić information content (AvgIpc) is 3.19. The minimum absolute atomic E-state index is 0.00257. The van der Waals surface area contributed by atoms with Gasteiger partial charge in [-0.2, -0.15) is 0 Å². The normalized spacial score (nSPS) is 21.1. The molecule has 0 unspecified atom stereocenters. The Kier molecular flexibility index (Phi) is 5.22. The third-order valence-electron chi connectivity index (χ3n) is 4.42. The first kappa shape index (κ1) is 16.6. The van der Waals surface area contributed by atoms with E-state index in [4.69, 9.17) is 4.74 Å². The largest absolute Gasteiger partial charge is 0.380 e. The average molecular weight is 329 g/mol. The third-order valence-corrected chi connectivity index (χ3v) is 4.42. The number of rotatable bonds is 6. The molecule has 0 aliphatic carbocycles. The zero-order valence-corrected chi connectivity index (χ0v) is 14.1. The Balaban J connectivity index is 1.61. The second-order valence-electron chi connectivity index (χ2n) is 6.10. The highest BCUT2D eigenvalue weighted by atomic mass is 16.5. The van der Waals surface area contributed by atoms with Gasteiger partial charge in [0.2, 0.25) is 5.91 Å². The topological polar surface area (TPSA) is 72.3 Å². The summed E-state index contributed by atoms with van der Waals surface area (Å²) in [5, 5.41) is 11.1. The van der Waals surface area contributed by atoms with E-state index in [1.54, 1.807) is 13.4 Å². The van der Waals surface area contributed by atoms with Gasteiger partial charge in [-0.3, -0.25) is 9.69 Å². The molecule has 128 valence electrons. The van der Waals surface area contributed by atoms with Gasteiger partial charge in [0.15, 0.2) is 0 Å². The van der Waals surface area contributed by atoms with E-state index in [1.807, 2.05) is 41.9 Å². The SMILES string of the molecule is CO[C@@H]1C[C@@H](c2nncn2C)N(CC(=O)NCc2ccccc2)C1. The molecule has 0 radical (unpaired) electrons. The van der Waals surface area contributed by atoms with E-state index >= 15 is 0 Å². The molecular formula is C17H23N5O2. The predicted molar refractivity (Wildman–Crippen MR) is 89.0 cm³/mol. The van der Waals surface area contributed by atoms with Crippen molar-refractivity contribution in [1.29, 1.82) is 0 Å². The third kappa shape index (κ3) is 3.80. The Morgan fingerprint density at radius 3 is 2.83 bits per heavy atom. The zero-order valence-electron chi connectivity index (χ0n) is 14.1. The van der Waals surface area contributed by atoms with Crippen LogP contribution in [-0.4, -0.2) is 51.9 Å². The van der Waals surface area contributed by atoms with Crippen molar-refractivity contribution in [2.75, 3.05) is 20.2 Å². The monoisotopic (exact) mass is 329 g/mol. The van der Waals surface area contributed by atoms with E-state index in [-0.39, 0.29) is 18.1 Å². The van der Waals surface area contributed by atoms with Crippen LogP contribution in [-0.2, 0) is 23.1 Å². The number of carbonyl (C=O) groups excluding carboxylic acids is 1. The number of carbonyl (C=O) groups is 1. The van der Waals surface area contributed by atoms with Crippen molar-refractivity contribution in [3.8, 4) is 0 Å². The van der Waals surface area contributed by atoms with Crippen LogP contribution < -0.4 is 5.32 Å². The standard InChI is InChI=1S/C17H23N5O2/c1-21-12-19-20-17(21)15-8-14(24-2)10-22(15)11-16(23)18-9-13-6-4-3-5-7-13/h3-7,12,14-15H,8-11H2,1-2H3,(H,18,23)/t14-,15+/m1/s1. The molecule has 1 saturated heterocycles. The van der Waals surface area contributed by atoms with E-state index in [1.165, 1.54) is 0 Å². The summed E-state index contributed by atoms with van der Waals surface area (Å²) in [6, 6.07) is 9.94. The molecule has 2 heterocycles. The van der Waals surface area contributed by atoms with Crippen LogP contribution in [0.4, 0.5) is 0 Å². The molecule has 1 amide bonds. The van der Waals surface area contributed by atoms with Crippen molar-refractivity contribution in [1.82, 2.24) is 25.0 Å². The summed E-state index contributed by atoms with van der Waals surface area (Å²) in [4.78, 5) is 14.4. The minimum atomic E-state index is 0.00257. The summed E-state index contributed by atoms with van der Waals surface area (Å²) >= 11 is 0. The number of aromatic nitrogens is 3. The molecule has 1 fully saturated rings. The van der Waals surface area contributed by atoms with Crippen molar-refractivity contribution in [3.05, 3.63) is 48.0 Å². The van der Waals surface area contributed by atoms with Crippen LogP contribution in [0, 0.1) is 0 Å². The molecule has 1 aliphatic heterocycles. The lowest BCUT2D eigenvalue weighted by molar-refractivity contribution is -0.122. The molecule has 0 spiro atoms. The first-order valence-electron chi connectivity index (χ1n) is 8.08. The molecule has 24 heavy (non-hydrogen) atoms. The smallest absolute Gasteiger partial charge is 0.234 e. The summed E-state index contributed by atoms with van der Waals surface area (Å²) < 4.78 is 7.39. The summed E-state index contributed by atoms with van der Waals surface area (Å²) in [7, 11) is 3.63. The zero-order chi connectivity index (χ0) is 16.9. The van der Waals surface area contributed by atoms with Gasteiger partial charge in [0.1, 0.15) is 12.2 Å². The van der Waals surface area contributed by atoms with Crippen LogP contribution in [0.2, 0.25) is 0 Å². The van der Waals surface area contributed by atoms with E-state index < -0.39 is 0 Å². The second kappa shape index (κ2) is 7.55. The number of nitrogens with one attached hydrogen (secondary N) is 1. The number of hydrogen-bond donors (Lipinski definition) is 1.